The van der Waals surface area contributed by atoms with Crippen molar-refractivity contribution in [3.63, 3.8) is 0 Å². The van der Waals surface area contributed by atoms with Gasteiger partial charge in [0.15, 0.2) is 6.10 Å². The summed E-state index contributed by atoms with van der Waals surface area (Å²) in [7, 11) is -3.79. The Morgan fingerprint density at radius 3 is 2.49 bits per heavy atom. The van der Waals surface area contributed by atoms with Gasteiger partial charge in [0, 0.05) is 49.5 Å². The fourth-order valence-electron chi connectivity index (χ4n) is 5.50. The van der Waals surface area contributed by atoms with E-state index in [0.717, 1.165) is 22.3 Å². The number of rotatable bonds is 4. The average molecular weight is 551 g/mol. The SMILES string of the molecule is Cc1c2c(nn1S(=O)(=O)C1CCOCC1)CN([C@@H]1C[C@H](N)[C@@H](c3cc(F)ccc3F)O[C@@H]1C(F)(F)F)C2. The molecule has 1 aromatic carbocycles. The zero-order valence-corrected chi connectivity index (χ0v) is 20.7. The van der Waals surface area contributed by atoms with E-state index in [4.69, 9.17) is 15.2 Å². The summed E-state index contributed by atoms with van der Waals surface area (Å²) < 4.78 is 108. The summed E-state index contributed by atoms with van der Waals surface area (Å²) in [6, 6.07) is 0.219. The van der Waals surface area contributed by atoms with Crippen LogP contribution in [0, 0.1) is 18.6 Å². The molecule has 0 bridgehead atoms. The lowest BCUT2D eigenvalue weighted by Crippen LogP contribution is -2.58. The second-order valence-electron chi connectivity index (χ2n) is 9.77. The number of ether oxygens (including phenoxy) is 2. The predicted octanol–water partition coefficient (Wildman–Crippen LogP) is 2.93. The second kappa shape index (κ2) is 9.56. The molecule has 14 heteroatoms. The second-order valence-corrected chi connectivity index (χ2v) is 11.8. The molecule has 2 fully saturated rings. The highest BCUT2D eigenvalue weighted by atomic mass is 32.2. The minimum atomic E-state index is -4.81. The van der Waals surface area contributed by atoms with E-state index in [-0.39, 0.29) is 25.1 Å². The number of hydrogen-bond donors (Lipinski definition) is 1. The van der Waals surface area contributed by atoms with Crippen molar-refractivity contribution in [3.05, 3.63) is 52.3 Å². The maximum absolute atomic E-state index is 14.3. The standard InChI is InChI=1S/C23H27F5N4O4S/c1-12-16-10-31(11-19(16)30-32(12)37(33,34)14-4-6-35-7-5-14)20-9-18(29)21(36-22(20)23(26,27)28)15-8-13(24)2-3-17(15)25/h2-3,8,14,18,20-22H,4-7,9-11,29H2,1H3/t18-,20+,21+,22-/m0/s1. The molecule has 0 aliphatic carbocycles. The van der Waals surface area contributed by atoms with E-state index in [1.54, 1.807) is 6.92 Å². The van der Waals surface area contributed by atoms with Crippen molar-refractivity contribution in [3.8, 4) is 0 Å². The minimum absolute atomic E-state index is 0.0246. The zero-order chi connectivity index (χ0) is 26.7. The Labute approximate surface area is 210 Å². The number of halogens is 5. The van der Waals surface area contributed by atoms with E-state index in [1.165, 1.54) is 4.90 Å². The lowest BCUT2D eigenvalue weighted by atomic mass is 9.89. The van der Waals surface area contributed by atoms with Crippen molar-refractivity contribution >= 4 is 10.0 Å². The maximum atomic E-state index is 14.3. The molecular weight excluding hydrogens is 523 g/mol. The quantitative estimate of drug-likeness (QED) is 0.585. The Kier molecular flexibility index (Phi) is 6.84. The first kappa shape index (κ1) is 26.5. The molecule has 0 spiro atoms. The molecule has 0 saturated carbocycles. The van der Waals surface area contributed by atoms with Gasteiger partial charge in [-0.25, -0.2) is 17.2 Å². The van der Waals surface area contributed by atoms with Gasteiger partial charge in [-0.2, -0.15) is 22.4 Å². The van der Waals surface area contributed by atoms with Crippen LogP contribution in [-0.4, -0.2) is 65.3 Å². The lowest BCUT2D eigenvalue weighted by Gasteiger charge is -2.44. The van der Waals surface area contributed by atoms with Crippen LogP contribution in [0.1, 0.15) is 47.9 Å². The molecule has 0 radical (unpaired) electrons. The van der Waals surface area contributed by atoms with Gasteiger partial charge in [0.25, 0.3) is 10.0 Å². The summed E-state index contributed by atoms with van der Waals surface area (Å²) in [4.78, 5) is 1.51. The highest BCUT2D eigenvalue weighted by molar-refractivity contribution is 7.90. The fourth-order valence-corrected chi connectivity index (χ4v) is 7.27. The molecule has 4 heterocycles. The van der Waals surface area contributed by atoms with Gasteiger partial charge in [0.1, 0.15) is 17.7 Å². The van der Waals surface area contributed by atoms with E-state index in [2.05, 4.69) is 5.10 Å². The van der Waals surface area contributed by atoms with Crippen LogP contribution >= 0.6 is 0 Å². The van der Waals surface area contributed by atoms with Crippen molar-refractivity contribution in [2.75, 3.05) is 13.2 Å². The van der Waals surface area contributed by atoms with Gasteiger partial charge in [0.05, 0.1) is 16.6 Å². The van der Waals surface area contributed by atoms with Gasteiger partial charge in [-0.05, 0) is 44.4 Å². The molecule has 5 rings (SSSR count). The third-order valence-electron chi connectivity index (χ3n) is 7.43. The van der Waals surface area contributed by atoms with E-state index < -0.39 is 57.4 Å². The first-order valence-electron chi connectivity index (χ1n) is 11.9. The largest absolute Gasteiger partial charge is 0.416 e. The van der Waals surface area contributed by atoms with Gasteiger partial charge in [0.2, 0.25) is 0 Å². The molecule has 8 nitrogen and oxygen atoms in total. The van der Waals surface area contributed by atoms with E-state index in [1.807, 2.05) is 0 Å². The number of alkyl halides is 3. The summed E-state index contributed by atoms with van der Waals surface area (Å²) in [5, 5.41) is 3.63. The summed E-state index contributed by atoms with van der Waals surface area (Å²) in [6.45, 7) is 2.24. The Balaban J connectivity index is 1.39. The first-order valence-corrected chi connectivity index (χ1v) is 13.4. The van der Waals surface area contributed by atoms with E-state index in [9.17, 15) is 30.4 Å². The third kappa shape index (κ3) is 4.78. The van der Waals surface area contributed by atoms with Crippen LogP contribution in [0.3, 0.4) is 0 Å². The van der Waals surface area contributed by atoms with Crippen molar-refractivity contribution in [2.45, 2.75) is 75.0 Å². The Hall–Kier alpha value is -2.13. The van der Waals surface area contributed by atoms with E-state index in [0.29, 0.717) is 43.0 Å². The van der Waals surface area contributed by atoms with Crippen LogP contribution < -0.4 is 5.73 Å². The number of nitrogens with two attached hydrogens (primary N) is 1. The Bertz CT molecular complexity index is 1280. The molecular formula is C23H27F5N4O4S. The molecule has 3 aliphatic heterocycles. The third-order valence-corrected chi connectivity index (χ3v) is 9.58. The smallest absolute Gasteiger partial charge is 0.381 e. The molecule has 2 saturated heterocycles. The van der Waals surface area contributed by atoms with Crippen LogP contribution in [0.15, 0.2) is 18.2 Å². The molecule has 2 aromatic rings. The molecule has 3 aliphatic rings. The summed E-state index contributed by atoms with van der Waals surface area (Å²) in [6.07, 6.45) is -8.13. The van der Waals surface area contributed by atoms with Crippen LogP contribution in [0.25, 0.3) is 0 Å². The summed E-state index contributed by atoms with van der Waals surface area (Å²) in [5.74, 6) is -1.72. The molecule has 37 heavy (non-hydrogen) atoms. The maximum Gasteiger partial charge on any atom is 0.416 e. The number of aromatic nitrogens is 2. The predicted molar refractivity (Wildman–Crippen MR) is 121 cm³/mol. The van der Waals surface area contributed by atoms with Gasteiger partial charge in [-0.15, -0.1) is 0 Å². The van der Waals surface area contributed by atoms with Gasteiger partial charge < -0.3 is 15.2 Å². The van der Waals surface area contributed by atoms with Crippen LogP contribution in [-0.2, 0) is 32.6 Å². The Morgan fingerprint density at radius 1 is 1.14 bits per heavy atom. The summed E-state index contributed by atoms with van der Waals surface area (Å²) in [5.41, 5.74) is 7.06. The lowest BCUT2D eigenvalue weighted by molar-refractivity contribution is -0.269. The molecule has 2 N–H and O–H groups in total. The minimum Gasteiger partial charge on any atom is -0.381 e. The number of hydrogen-bond acceptors (Lipinski definition) is 7. The topological polar surface area (TPSA) is 99.7 Å². The first-order chi connectivity index (χ1) is 17.4. The average Bonchev–Trinajstić information content (AvgIpc) is 3.40. The summed E-state index contributed by atoms with van der Waals surface area (Å²) >= 11 is 0. The normalized spacial score (nSPS) is 28.0. The highest BCUT2D eigenvalue weighted by Crippen LogP contribution is 2.43. The molecule has 4 atom stereocenters. The molecule has 204 valence electrons. The van der Waals surface area contributed by atoms with Crippen molar-refractivity contribution < 1.29 is 39.8 Å². The van der Waals surface area contributed by atoms with Gasteiger partial charge in [-0.3, -0.25) is 4.90 Å². The fraction of sp³-hybridized carbons (Fsp3) is 0.609. The number of nitrogens with zero attached hydrogens (tertiary/aromatic N) is 3. The van der Waals surface area contributed by atoms with Crippen LogP contribution in [0.5, 0.6) is 0 Å². The van der Waals surface area contributed by atoms with Crippen LogP contribution in [0.4, 0.5) is 22.0 Å². The monoisotopic (exact) mass is 550 g/mol. The Morgan fingerprint density at radius 2 is 1.84 bits per heavy atom. The van der Waals surface area contributed by atoms with Crippen molar-refractivity contribution in [2.24, 2.45) is 5.73 Å². The molecule has 0 amide bonds. The van der Waals surface area contributed by atoms with Crippen LogP contribution in [0.2, 0.25) is 0 Å². The number of fused-ring (bicyclic) bond motifs is 1. The van der Waals surface area contributed by atoms with Crippen molar-refractivity contribution in [1.82, 2.24) is 14.1 Å². The van der Waals surface area contributed by atoms with E-state index >= 15 is 0 Å². The highest BCUT2D eigenvalue weighted by Gasteiger charge is 2.54. The number of benzene rings is 1. The zero-order valence-electron chi connectivity index (χ0n) is 19.9. The van der Waals surface area contributed by atoms with Gasteiger partial charge >= 0.3 is 6.18 Å². The molecule has 0 unspecified atom stereocenters. The molecule has 1 aromatic heterocycles. The van der Waals surface area contributed by atoms with Gasteiger partial charge in [-0.1, -0.05) is 0 Å². The van der Waals surface area contributed by atoms with Crippen molar-refractivity contribution in [1.29, 1.82) is 0 Å².